The van der Waals surface area contributed by atoms with Gasteiger partial charge in [-0.1, -0.05) is 31.2 Å². The van der Waals surface area contributed by atoms with Crippen LogP contribution in [-0.4, -0.2) is 63.1 Å². The summed E-state index contributed by atoms with van der Waals surface area (Å²) in [6.07, 6.45) is 14.9. The molecule has 8 nitrogen and oxygen atoms in total. The van der Waals surface area contributed by atoms with E-state index in [-0.39, 0.29) is 40.5 Å². The molecule has 272 valence electrons. The zero-order chi connectivity index (χ0) is 34.8. The minimum Gasteiger partial charge on any atom is -0.508 e. The Kier molecular flexibility index (Phi) is 9.45. The molecule has 7 N–H and O–H groups in total. The van der Waals surface area contributed by atoms with Gasteiger partial charge in [-0.2, -0.15) is 0 Å². The molecule has 1 saturated heterocycles. The Morgan fingerprint density at radius 1 is 1.06 bits per heavy atom. The molecule has 1 aliphatic heterocycles. The number of rotatable bonds is 8. The van der Waals surface area contributed by atoms with Crippen molar-refractivity contribution in [2.75, 3.05) is 7.05 Å². The number of nitrogens with two attached hydrogens (primary N) is 1. The molecule has 5 aliphatic carbocycles. The van der Waals surface area contributed by atoms with E-state index in [0.29, 0.717) is 41.8 Å². The number of guanidine groups is 1. The van der Waals surface area contributed by atoms with Crippen molar-refractivity contribution in [2.24, 2.45) is 57.1 Å². The van der Waals surface area contributed by atoms with Crippen LogP contribution in [0.1, 0.15) is 116 Å². The number of hydrogen-bond donors (Lipinski definition) is 6. The fourth-order valence-electron chi connectivity index (χ4n) is 12.4. The highest BCUT2D eigenvalue weighted by Crippen LogP contribution is 2.69. The first kappa shape index (κ1) is 35.3. The fourth-order valence-corrected chi connectivity index (χ4v) is 12.4. The molecule has 0 aromatic heterocycles. The predicted octanol–water partition coefficient (Wildman–Crippen LogP) is 6.20. The first-order valence-corrected chi connectivity index (χ1v) is 19.5. The zero-order valence-corrected chi connectivity index (χ0v) is 30.2. The Hall–Kier alpha value is -2.13. The Bertz CT molecular complexity index is 1400. The Morgan fingerprint density at radius 3 is 2.57 bits per heavy atom. The lowest BCUT2D eigenvalue weighted by Gasteiger charge is -2.59. The largest absolute Gasteiger partial charge is 0.508 e. The van der Waals surface area contributed by atoms with Crippen LogP contribution in [0.15, 0.2) is 41.4 Å². The second-order valence-corrected chi connectivity index (χ2v) is 18.3. The van der Waals surface area contributed by atoms with E-state index in [2.05, 4.69) is 24.2 Å². The lowest BCUT2D eigenvalue weighted by Crippen LogP contribution is -2.52. The molecule has 0 amide bonds. The number of phenols is 1. The highest BCUT2D eigenvalue weighted by Gasteiger charge is 2.67. The normalized spacial score (nSPS) is 45.8. The third-order valence-electron chi connectivity index (χ3n) is 15.0. The molecule has 1 aromatic carbocycles. The molecule has 5 saturated carbocycles. The molecular formula is C41H63N3O5. The van der Waals surface area contributed by atoms with Gasteiger partial charge in [-0.3, -0.25) is 4.99 Å². The fraction of sp³-hybridized carbons (Fsp3) is 0.780. The highest BCUT2D eigenvalue weighted by atomic mass is 16.6. The van der Waals surface area contributed by atoms with Crippen molar-refractivity contribution in [1.82, 2.24) is 5.32 Å². The molecule has 8 heteroatoms. The minimum absolute atomic E-state index is 0.0764. The van der Waals surface area contributed by atoms with Gasteiger partial charge in [0.05, 0.1) is 23.4 Å². The third kappa shape index (κ3) is 6.81. The van der Waals surface area contributed by atoms with Gasteiger partial charge in [0.1, 0.15) is 12.0 Å². The number of aliphatic imine (C=N–C) groups is 1. The lowest BCUT2D eigenvalue weighted by molar-refractivity contribution is -0.0839. The standard InChI is InChI=1S/C41H63N3O5/c1-25-21-40(16-11-27(22-40)12-17-41(48)14-5-6-31(46)23-41)36-39(3,49-36)15-13-33-32(25)24-38(33,2)34-20-29(35(47)44-37(42)43-4)19-28(34)18-26-7-9-30(45)10-8-26/h7-10,27-29,31-36,45-48H,1,5-6,11-24H2,2-4H3,(H3,42,43,44)/t27-,28+,29-,31+,32+,33+,34-,35-,36+,38-,39+,40+,41+/m0/s1. The lowest BCUT2D eigenvalue weighted by atomic mass is 9.45. The van der Waals surface area contributed by atoms with Gasteiger partial charge in [0.25, 0.3) is 0 Å². The summed E-state index contributed by atoms with van der Waals surface area (Å²) in [6.45, 7) is 9.73. The number of aliphatic hydroxyl groups excluding tert-OH is 2. The van der Waals surface area contributed by atoms with Gasteiger partial charge in [-0.05, 0) is 156 Å². The van der Waals surface area contributed by atoms with Gasteiger partial charge in [-0.15, -0.1) is 0 Å². The number of aromatic hydroxyl groups is 1. The molecule has 7 rings (SSSR count). The van der Waals surface area contributed by atoms with Crippen LogP contribution in [0, 0.1) is 46.3 Å². The monoisotopic (exact) mass is 677 g/mol. The summed E-state index contributed by atoms with van der Waals surface area (Å²) < 4.78 is 6.74. The van der Waals surface area contributed by atoms with Crippen LogP contribution >= 0.6 is 0 Å². The molecule has 1 heterocycles. The quantitative estimate of drug-likeness (QED) is 0.0632. The van der Waals surface area contributed by atoms with E-state index >= 15 is 0 Å². The molecule has 1 spiro atoms. The van der Waals surface area contributed by atoms with E-state index in [0.717, 1.165) is 83.5 Å². The molecule has 0 bridgehead atoms. The van der Waals surface area contributed by atoms with Crippen LogP contribution in [0.5, 0.6) is 5.75 Å². The summed E-state index contributed by atoms with van der Waals surface area (Å²) in [5.41, 5.74) is 8.15. The van der Waals surface area contributed by atoms with E-state index in [4.69, 9.17) is 17.0 Å². The number of epoxide rings is 1. The predicted molar refractivity (Wildman–Crippen MR) is 193 cm³/mol. The van der Waals surface area contributed by atoms with Crippen LogP contribution in [0.4, 0.5) is 0 Å². The molecule has 13 atom stereocenters. The van der Waals surface area contributed by atoms with Crippen molar-refractivity contribution < 1.29 is 25.2 Å². The molecule has 6 aliphatic rings. The first-order valence-electron chi connectivity index (χ1n) is 19.5. The van der Waals surface area contributed by atoms with Crippen molar-refractivity contribution in [2.45, 2.75) is 146 Å². The van der Waals surface area contributed by atoms with Crippen LogP contribution in [0.25, 0.3) is 0 Å². The van der Waals surface area contributed by atoms with Crippen LogP contribution in [0.2, 0.25) is 0 Å². The Labute approximate surface area is 294 Å². The number of nitrogens with zero attached hydrogens (tertiary/aromatic N) is 1. The van der Waals surface area contributed by atoms with Crippen LogP contribution < -0.4 is 11.1 Å². The number of nitrogens with one attached hydrogen (secondary N) is 1. The van der Waals surface area contributed by atoms with E-state index < -0.39 is 11.8 Å². The van der Waals surface area contributed by atoms with Crippen LogP contribution in [0.3, 0.4) is 0 Å². The summed E-state index contributed by atoms with van der Waals surface area (Å²) in [6, 6.07) is 7.66. The SMILES string of the molecule is C=C1C[C@@]2(CC[C@@H](CC[C@]3(O)CCC[C@@H](O)C3)C2)[C@@H]2O[C@]2(C)CC[C@@H]2[C@@H]1C[C@]2(C)[C@H]1C[C@@H]([C@H](O)NC(N)=NC)C[C@H]1Cc1ccc(O)cc1. The smallest absolute Gasteiger partial charge is 0.190 e. The summed E-state index contributed by atoms with van der Waals surface area (Å²) in [5, 5.41) is 45.7. The summed E-state index contributed by atoms with van der Waals surface area (Å²) in [5.74, 6) is 3.17. The van der Waals surface area contributed by atoms with Gasteiger partial charge in [0, 0.05) is 24.8 Å². The first-order chi connectivity index (χ1) is 23.2. The maximum absolute atomic E-state index is 11.2. The number of ether oxygens (including phenoxy) is 1. The second kappa shape index (κ2) is 13.1. The average Bonchev–Trinajstić information content (AvgIpc) is 3.35. The molecule has 6 fully saturated rings. The maximum Gasteiger partial charge on any atom is 0.190 e. The number of allylic oxidation sites excluding steroid dienone is 1. The van der Waals surface area contributed by atoms with E-state index in [1.54, 1.807) is 19.2 Å². The number of fused-ring (bicyclic) bond motifs is 3. The molecule has 0 radical (unpaired) electrons. The van der Waals surface area contributed by atoms with E-state index in [1.165, 1.54) is 24.0 Å². The number of benzene rings is 1. The van der Waals surface area contributed by atoms with Crippen molar-refractivity contribution in [1.29, 1.82) is 0 Å². The topological polar surface area (TPSA) is 144 Å². The third-order valence-corrected chi connectivity index (χ3v) is 15.0. The van der Waals surface area contributed by atoms with Gasteiger partial charge < -0.3 is 36.2 Å². The van der Waals surface area contributed by atoms with Crippen LogP contribution in [-0.2, 0) is 11.2 Å². The maximum atomic E-state index is 11.2. The number of hydrogen-bond acceptors (Lipinski definition) is 6. The van der Waals surface area contributed by atoms with Crippen molar-refractivity contribution >= 4 is 5.96 Å². The zero-order valence-electron chi connectivity index (χ0n) is 30.2. The van der Waals surface area contributed by atoms with E-state index in [9.17, 15) is 20.4 Å². The molecular weight excluding hydrogens is 614 g/mol. The summed E-state index contributed by atoms with van der Waals surface area (Å²) in [4.78, 5) is 4.03. The van der Waals surface area contributed by atoms with Gasteiger partial charge in [-0.25, -0.2) is 0 Å². The molecule has 49 heavy (non-hydrogen) atoms. The minimum atomic E-state index is -0.732. The second-order valence-electron chi connectivity index (χ2n) is 18.3. The van der Waals surface area contributed by atoms with Crippen molar-refractivity contribution in [3.05, 3.63) is 42.0 Å². The van der Waals surface area contributed by atoms with Gasteiger partial charge in [0.15, 0.2) is 5.96 Å². The van der Waals surface area contributed by atoms with Gasteiger partial charge >= 0.3 is 0 Å². The average molecular weight is 678 g/mol. The van der Waals surface area contributed by atoms with E-state index in [1.807, 2.05) is 12.1 Å². The Balaban J connectivity index is 1.07. The summed E-state index contributed by atoms with van der Waals surface area (Å²) in [7, 11) is 1.64. The Morgan fingerprint density at radius 2 is 1.84 bits per heavy atom. The molecule has 0 unspecified atom stereocenters. The highest BCUT2D eigenvalue weighted by molar-refractivity contribution is 5.77. The van der Waals surface area contributed by atoms with Crippen molar-refractivity contribution in [3.63, 3.8) is 0 Å². The number of aliphatic hydroxyl groups is 3. The van der Waals surface area contributed by atoms with Gasteiger partial charge in [0.2, 0.25) is 0 Å². The number of phenolic OH excluding ortho intramolecular Hbond substituents is 1. The molecule has 1 aromatic rings. The van der Waals surface area contributed by atoms with Crippen molar-refractivity contribution in [3.8, 4) is 5.75 Å². The summed E-state index contributed by atoms with van der Waals surface area (Å²) >= 11 is 0.